The molecular formula is C14H19N3O2. The van der Waals surface area contributed by atoms with Gasteiger partial charge in [0, 0.05) is 19.6 Å². The monoisotopic (exact) mass is 261 g/mol. The van der Waals surface area contributed by atoms with Crippen molar-refractivity contribution < 1.29 is 9.84 Å². The van der Waals surface area contributed by atoms with Gasteiger partial charge in [-0.3, -0.25) is 4.90 Å². The van der Waals surface area contributed by atoms with E-state index >= 15 is 0 Å². The van der Waals surface area contributed by atoms with Gasteiger partial charge >= 0.3 is 0 Å². The lowest BCUT2D eigenvalue weighted by molar-refractivity contribution is 0.0325. The lowest BCUT2D eigenvalue weighted by Gasteiger charge is -2.26. The Balaban J connectivity index is 1.90. The van der Waals surface area contributed by atoms with E-state index < -0.39 is 0 Å². The zero-order chi connectivity index (χ0) is 13.1. The predicted octanol–water partition coefficient (Wildman–Crippen LogP) is 0.861. The van der Waals surface area contributed by atoms with E-state index in [1.165, 1.54) is 0 Å². The number of morpholine rings is 1. The van der Waals surface area contributed by atoms with Crippen molar-refractivity contribution in [1.29, 1.82) is 0 Å². The second kappa shape index (κ2) is 5.69. The molecule has 1 aromatic heterocycles. The topological polar surface area (TPSA) is 50.5 Å². The molecule has 1 aliphatic rings. The van der Waals surface area contributed by atoms with Crippen LogP contribution in [0.1, 0.15) is 5.82 Å². The van der Waals surface area contributed by atoms with Crippen LogP contribution in [0, 0.1) is 0 Å². The van der Waals surface area contributed by atoms with E-state index in [1.807, 2.05) is 18.2 Å². The fraction of sp³-hybridized carbons (Fsp3) is 0.500. The van der Waals surface area contributed by atoms with Crippen LogP contribution in [0.5, 0.6) is 0 Å². The van der Waals surface area contributed by atoms with E-state index in [0.29, 0.717) is 6.54 Å². The normalized spacial score (nSPS) is 17.1. The summed E-state index contributed by atoms with van der Waals surface area (Å²) in [6.45, 7) is 5.03. The highest BCUT2D eigenvalue weighted by Gasteiger charge is 2.16. The lowest BCUT2D eigenvalue weighted by atomic mass is 10.3. The van der Waals surface area contributed by atoms with Gasteiger partial charge in [-0.25, -0.2) is 4.98 Å². The number of nitrogens with zero attached hydrogens (tertiary/aromatic N) is 3. The van der Waals surface area contributed by atoms with E-state index in [0.717, 1.165) is 49.7 Å². The van der Waals surface area contributed by atoms with Crippen LogP contribution in [0.2, 0.25) is 0 Å². The van der Waals surface area contributed by atoms with Gasteiger partial charge in [-0.05, 0) is 12.1 Å². The summed E-state index contributed by atoms with van der Waals surface area (Å²) in [6, 6.07) is 8.08. The van der Waals surface area contributed by atoms with Gasteiger partial charge < -0.3 is 14.4 Å². The zero-order valence-corrected chi connectivity index (χ0v) is 11.0. The molecule has 0 radical (unpaired) electrons. The highest BCUT2D eigenvalue weighted by molar-refractivity contribution is 5.75. The van der Waals surface area contributed by atoms with Gasteiger partial charge in [-0.1, -0.05) is 12.1 Å². The summed E-state index contributed by atoms with van der Waals surface area (Å²) in [4.78, 5) is 7.04. The molecule has 1 saturated heterocycles. The molecule has 0 bridgehead atoms. The Morgan fingerprint density at radius 1 is 1.21 bits per heavy atom. The van der Waals surface area contributed by atoms with Crippen molar-refractivity contribution >= 4 is 11.0 Å². The van der Waals surface area contributed by atoms with Gasteiger partial charge in [0.1, 0.15) is 5.82 Å². The number of fused-ring (bicyclic) bond motifs is 1. The fourth-order valence-electron chi connectivity index (χ4n) is 2.55. The van der Waals surface area contributed by atoms with Crippen LogP contribution < -0.4 is 0 Å². The molecule has 2 heterocycles. The Bertz CT molecular complexity index is 547. The fourth-order valence-corrected chi connectivity index (χ4v) is 2.55. The second-order valence-corrected chi connectivity index (χ2v) is 4.78. The van der Waals surface area contributed by atoms with E-state index in [4.69, 9.17) is 9.72 Å². The van der Waals surface area contributed by atoms with Crippen LogP contribution in [0.15, 0.2) is 24.3 Å². The quantitative estimate of drug-likeness (QED) is 0.887. The number of para-hydroxylation sites is 2. The minimum absolute atomic E-state index is 0.135. The number of imidazole rings is 1. The third-order valence-corrected chi connectivity index (χ3v) is 3.53. The first-order valence-electron chi connectivity index (χ1n) is 6.73. The van der Waals surface area contributed by atoms with E-state index in [9.17, 15) is 5.11 Å². The van der Waals surface area contributed by atoms with Crippen molar-refractivity contribution in [2.24, 2.45) is 0 Å². The van der Waals surface area contributed by atoms with Crippen LogP contribution in [0.25, 0.3) is 11.0 Å². The molecule has 0 atom stereocenters. The average Bonchev–Trinajstić information content (AvgIpc) is 2.79. The largest absolute Gasteiger partial charge is 0.395 e. The average molecular weight is 261 g/mol. The summed E-state index contributed by atoms with van der Waals surface area (Å²) < 4.78 is 7.48. The van der Waals surface area contributed by atoms with Crippen molar-refractivity contribution in [3.05, 3.63) is 30.1 Å². The molecule has 2 aromatic rings. The zero-order valence-electron chi connectivity index (χ0n) is 11.0. The van der Waals surface area contributed by atoms with Crippen LogP contribution in [-0.2, 0) is 17.8 Å². The van der Waals surface area contributed by atoms with E-state index in [-0.39, 0.29) is 6.61 Å². The molecule has 0 unspecified atom stereocenters. The molecule has 19 heavy (non-hydrogen) atoms. The van der Waals surface area contributed by atoms with Gasteiger partial charge in [0.2, 0.25) is 0 Å². The number of benzene rings is 1. The molecule has 1 aromatic carbocycles. The van der Waals surface area contributed by atoms with Crippen LogP contribution in [0.4, 0.5) is 0 Å². The minimum Gasteiger partial charge on any atom is -0.395 e. The van der Waals surface area contributed by atoms with Crippen molar-refractivity contribution in [1.82, 2.24) is 14.5 Å². The highest BCUT2D eigenvalue weighted by atomic mass is 16.5. The Morgan fingerprint density at radius 3 is 2.79 bits per heavy atom. The third-order valence-electron chi connectivity index (χ3n) is 3.53. The SMILES string of the molecule is OCCn1c(CN2CCOCC2)nc2ccccc21. The molecule has 0 saturated carbocycles. The maximum Gasteiger partial charge on any atom is 0.124 e. The molecule has 3 rings (SSSR count). The van der Waals surface area contributed by atoms with E-state index in [2.05, 4.69) is 15.5 Å². The minimum atomic E-state index is 0.135. The van der Waals surface area contributed by atoms with E-state index in [1.54, 1.807) is 0 Å². The maximum atomic E-state index is 9.25. The summed E-state index contributed by atoms with van der Waals surface area (Å²) >= 11 is 0. The Hall–Kier alpha value is -1.43. The van der Waals surface area contributed by atoms with Crippen LogP contribution >= 0.6 is 0 Å². The number of hydrogen-bond acceptors (Lipinski definition) is 4. The molecule has 5 heteroatoms. The van der Waals surface area contributed by atoms with Crippen LogP contribution in [0.3, 0.4) is 0 Å². The van der Waals surface area contributed by atoms with Crippen molar-refractivity contribution in [3.8, 4) is 0 Å². The summed E-state index contributed by atoms with van der Waals surface area (Å²) in [7, 11) is 0. The summed E-state index contributed by atoms with van der Waals surface area (Å²) in [5, 5.41) is 9.25. The van der Waals surface area contributed by atoms with Gasteiger partial charge in [-0.2, -0.15) is 0 Å². The highest BCUT2D eigenvalue weighted by Crippen LogP contribution is 2.17. The molecular weight excluding hydrogens is 242 g/mol. The number of aromatic nitrogens is 2. The molecule has 1 aliphatic heterocycles. The molecule has 102 valence electrons. The number of hydrogen-bond donors (Lipinski definition) is 1. The molecule has 0 amide bonds. The van der Waals surface area contributed by atoms with Gasteiger partial charge in [0.05, 0.1) is 37.4 Å². The van der Waals surface area contributed by atoms with Crippen molar-refractivity contribution in [3.63, 3.8) is 0 Å². The van der Waals surface area contributed by atoms with Crippen molar-refractivity contribution in [2.45, 2.75) is 13.1 Å². The molecule has 1 fully saturated rings. The number of ether oxygens (including phenoxy) is 1. The first kappa shape index (κ1) is 12.6. The lowest BCUT2D eigenvalue weighted by Crippen LogP contribution is -2.36. The smallest absolute Gasteiger partial charge is 0.124 e. The second-order valence-electron chi connectivity index (χ2n) is 4.78. The first-order chi connectivity index (χ1) is 9.38. The Morgan fingerprint density at radius 2 is 2.00 bits per heavy atom. The predicted molar refractivity (Wildman–Crippen MR) is 72.9 cm³/mol. The Labute approximate surface area is 112 Å². The van der Waals surface area contributed by atoms with Gasteiger partial charge in [0.25, 0.3) is 0 Å². The van der Waals surface area contributed by atoms with Gasteiger partial charge in [0.15, 0.2) is 0 Å². The maximum absolute atomic E-state index is 9.25. The molecule has 1 N–H and O–H groups in total. The molecule has 0 spiro atoms. The Kier molecular flexibility index (Phi) is 3.77. The summed E-state index contributed by atoms with van der Waals surface area (Å²) in [5.74, 6) is 1.03. The summed E-state index contributed by atoms with van der Waals surface area (Å²) in [5.41, 5.74) is 2.10. The van der Waals surface area contributed by atoms with Gasteiger partial charge in [-0.15, -0.1) is 0 Å². The van der Waals surface area contributed by atoms with Crippen molar-refractivity contribution in [2.75, 3.05) is 32.9 Å². The molecule has 5 nitrogen and oxygen atoms in total. The third kappa shape index (κ3) is 2.63. The number of aliphatic hydroxyl groups is 1. The first-order valence-corrected chi connectivity index (χ1v) is 6.73. The molecule has 0 aliphatic carbocycles. The summed E-state index contributed by atoms with van der Waals surface area (Å²) in [6.07, 6.45) is 0. The number of rotatable bonds is 4. The standard InChI is InChI=1S/C14H19N3O2/c18-8-5-17-13-4-2-1-3-12(13)15-14(17)11-16-6-9-19-10-7-16/h1-4,18H,5-11H2. The van der Waals surface area contributed by atoms with Crippen LogP contribution in [-0.4, -0.2) is 52.5 Å². The number of aliphatic hydroxyl groups excluding tert-OH is 1.